The van der Waals surface area contributed by atoms with E-state index in [1.54, 1.807) is 36.7 Å². The fourth-order valence-corrected chi connectivity index (χ4v) is 3.11. The topological polar surface area (TPSA) is 118 Å². The molecular formula is C22H22N4O4. The Hall–Kier alpha value is -3.81. The zero-order valence-corrected chi connectivity index (χ0v) is 16.5. The summed E-state index contributed by atoms with van der Waals surface area (Å²) in [6.07, 6.45) is 10.1. The van der Waals surface area contributed by atoms with E-state index in [4.69, 9.17) is 0 Å². The van der Waals surface area contributed by atoms with Gasteiger partial charge in [-0.05, 0) is 30.2 Å². The lowest BCUT2D eigenvalue weighted by atomic mass is 9.99. The lowest BCUT2D eigenvalue weighted by Gasteiger charge is -2.18. The summed E-state index contributed by atoms with van der Waals surface area (Å²) in [7, 11) is 0. The number of unbranched alkanes of at least 4 members (excludes halogenated alkanes) is 1. The first kappa shape index (κ1) is 20.9. The van der Waals surface area contributed by atoms with Crippen LogP contribution in [0.15, 0.2) is 55.0 Å². The number of carbonyl (C=O) groups is 1. The standard InChI is InChI=1S/C22H22N4O4/c1-2-3-8-20(27)25-18(10-9-15-6-4-11-23-14-15)17-13-19(26(29)30)16-7-5-12-24-21(16)22(17)28/h4-7,9-14,18,28H,2-3,8H2,1H3,(H,25,27). The predicted molar refractivity (Wildman–Crippen MR) is 114 cm³/mol. The van der Waals surface area contributed by atoms with Gasteiger partial charge in [-0.15, -0.1) is 0 Å². The molecule has 0 saturated heterocycles. The zero-order valence-electron chi connectivity index (χ0n) is 16.5. The lowest BCUT2D eigenvalue weighted by Crippen LogP contribution is -2.27. The molecule has 1 amide bonds. The number of nitro groups is 1. The van der Waals surface area contributed by atoms with E-state index in [2.05, 4.69) is 15.3 Å². The summed E-state index contributed by atoms with van der Waals surface area (Å²) in [4.78, 5) is 31.7. The molecule has 3 rings (SSSR count). The number of phenolic OH excluding ortho intramolecular Hbond substituents is 1. The maximum Gasteiger partial charge on any atom is 0.279 e. The van der Waals surface area contributed by atoms with E-state index >= 15 is 0 Å². The number of nitrogens with zero attached hydrogens (tertiary/aromatic N) is 3. The number of fused-ring (bicyclic) bond motifs is 1. The van der Waals surface area contributed by atoms with Gasteiger partial charge in [0.1, 0.15) is 11.3 Å². The Balaban J connectivity index is 2.08. The highest BCUT2D eigenvalue weighted by Gasteiger charge is 2.24. The van der Waals surface area contributed by atoms with Crippen LogP contribution in [0.4, 0.5) is 5.69 Å². The number of hydrogen-bond acceptors (Lipinski definition) is 6. The van der Waals surface area contributed by atoms with Crippen LogP contribution >= 0.6 is 0 Å². The number of hydrogen-bond donors (Lipinski definition) is 2. The summed E-state index contributed by atoms with van der Waals surface area (Å²) in [5.74, 6) is -0.409. The number of nitrogens with one attached hydrogen (secondary N) is 1. The average Bonchev–Trinajstić information content (AvgIpc) is 2.76. The number of pyridine rings is 2. The molecule has 0 aliphatic heterocycles. The Kier molecular flexibility index (Phi) is 6.69. The van der Waals surface area contributed by atoms with Gasteiger partial charge in [0.15, 0.2) is 0 Å². The maximum absolute atomic E-state index is 12.4. The largest absolute Gasteiger partial charge is 0.505 e. The molecule has 154 valence electrons. The molecule has 0 fully saturated rings. The van der Waals surface area contributed by atoms with Crippen molar-refractivity contribution < 1.29 is 14.8 Å². The van der Waals surface area contributed by atoms with Crippen LogP contribution in [0.3, 0.4) is 0 Å². The van der Waals surface area contributed by atoms with E-state index in [1.165, 1.54) is 18.3 Å². The van der Waals surface area contributed by atoms with Gasteiger partial charge >= 0.3 is 0 Å². The third-order valence-electron chi connectivity index (χ3n) is 4.64. The highest BCUT2D eigenvalue weighted by atomic mass is 16.6. The molecule has 1 unspecified atom stereocenters. The number of benzene rings is 1. The summed E-state index contributed by atoms with van der Waals surface area (Å²) < 4.78 is 0. The van der Waals surface area contributed by atoms with Crippen molar-refractivity contribution in [1.29, 1.82) is 0 Å². The number of aromatic hydroxyl groups is 1. The second-order valence-electron chi connectivity index (χ2n) is 6.78. The number of amides is 1. The van der Waals surface area contributed by atoms with Gasteiger partial charge in [-0.25, -0.2) is 0 Å². The smallest absolute Gasteiger partial charge is 0.279 e. The Morgan fingerprint density at radius 1 is 1.33 bits per heavy atom. The van der Waals surface area contributed by atoms with E-state index in [0.717, 1.165) is 18.4 Å². The van der Waals surface area contributed by atoms with Crippen LogP contribution in [0.5, 0.6) is 5.75 Å². The van der Waals surface area contributed by atoms with E-state index in [-0.39, 0.29) is 33.8 Å². The van der Waals surface area contributed by atoms with Crippen LogP contribution in [-0.2, 0) is 4.79 Å². The molecule has 0 radical (unpaired) electrons. The third kappa shape index (κ3) is 4.78. The number of aromatic nitrogens is 2. The molecule has 0 saturated carbocycles. The first-order chi connectivity index (χ1) is 14.5. The van der Waals surface area contributed by atoms with Crippen molar-refractivity contribution in [2.45, 2.75) is 32.2 Å². The molecule has 0 bridgehead atoms. The first-order valence-electron chi connectivity index (χ1n) is 9.63. The minimum Gasteiger partial charge on any atom is -0.505 e. The van der Waals surface area contributed by atoms with Crippen molar-refractivity contribution in [3.8, 4) is 5.75 Å². The second kappa shape index (κ2) is 9.60. The predicted octanol–water partition coefficient (Wildman–Crippen LogP) is 4.30. The Labute approximate surface area is 173 Å². The zero-order chi connectivity index (χ0) is 21.5. The maximum atomic E-state index is 12.4. The van der Waals surface area contributed by atoms with Crippen molar-refractivity contribution in [2.75, 3.05) is 0 Å². The van der Waals surface area contributed by atoms with Crippen LogP contribution < -0.4 is 5.32 Å². The average molecular weight is 406 g/mol. The third-order valence-corrected chi connectivity index (χ3v) is 4.64. The minimum absolute atomic E-state index is 0.115. The molecule has 3 aromatic rings. The van der Waals surface area contributed by atoms with Crippen molar-refractivity contribution >= 4 is 28.6 Å². The van der Waals surface area contributed by atoms with Crippen molar-refractivity contribution in [2.24, 2.45) is 0 Å². The van der Waals surface area contributed by atoms with Crippen molar-refractivity contribution in [3.05, 3.63) is 76.2 Å². The second-order valence-corrected chi connectivity index (χ2v) is 6.78. The SMILES string of the molecule is CCCCC(=O)NC(C=Cc1cccnc1)c1cc([N+](=O)[O-])c2cccnc2c1O. The van der Waals surface area contributed by atoms with Gasteiger partial charge in [0.05, 0.1) is 16.4 Å². The molecule has 0 aliphatic carbocycles. The Bertz CT molecular complexity index is 1080. The Morgan fingerprint density at radius 3 is 2.83 bits per heavy atom. The van der Waals surface area contributed by atoms with Gasteiger partial charge in [0, 0.05) is 36.6 Å². The van der Waals surface area contributed by atoms with Crippen molar-refractivity contribution in [1.82, 2.24) is 15.3 Å². The van der Waals surface area contributed by atoms with E-state index in [0.29, 0.717) is 6.42 Å². The van der Waals surface area contributed by atoms with Gasteiger partial charge in [-0.3, -0.25) is 24.9 Å². The van der Waals surface area contributed by atoms with Gasteiger partial charge < -0.3 is 10.4 Å². The Morgan fingerprint density at radius 2 is 2.13 bits per heavy atom. The molecule has 30 heavy (non-hydrogen) atoms. The fraction of sp³-hybridized carbons (Fsp3) is 0.227. The van der Waals surface area contributed by atoms with Crippen LogP contribution in [0.1, 0.15) is 43.4 Å². The molecule has 2 N–H and O–H groups in total. The number of phenols is 1. The molecule has 8 heteroatoms. The van der Waals surface area contributed by atoms with E-state index in [9.17, 15) is 20.0 Å². The lowest BCUT2D eigenvalue weighted by molar-refractivity contribution is -0.383. The van der Waals surface area contributed by atoms with Gasteiger partial charge in [0.25, 0.3) is 5.69 Å². The fourth-order valence-electron chi connectivity index (χ4n) is 3.11. The summed E-state index contributed by atoms with van der Waals surface area (Å²) >= 11 is 0. The van der Waals surface area contributed by atoms with Crippen LogP contribution in [0, 0.1) is 10.1 Å². The van der Waals surface area contributed by atoms with Gasteiger partial charge in [-0.2, -0.15) is 0 Å². The van der Waals surface area contributed by atoms with Gasteiger partial charge in [0.2, 0.25) is 5.91 Å². The molecule has 2 heterocycles. The van der Waals surface area contributed by atoms with E-state index in [1.807, 2.05) is 13.0 Å². The molecule has 0 spiro atoms. The minimum atomic E-state index is -0.778. The molecular weight excluding hydrogens is 384 g/mol. The molecule has 1 aromatic carbocycles. The van der Waals surface area contributed by atoms with Crippen molar-refractivity contribution in [3.63, 3.8) is 0 Å². The number of non-ortho nitro benzene ring substituents is 1. The quantitative estimate of drug-likeness (QED) is 0.425. The van der Waals surface area contributed by atoms with Gasteiger partial charge in [-0.1, -0.05) is 31.6 Å². The molecule has 0 aliphatic rings. The number of rotatable bonds is 8. The van der Waals surface area contributed by atoms with Crippen LogP contribution in [-0.4, -0.2) is 25.9 Å². The summed E-state index contributed by atoms with van der Waals surface area (Å²) in [5, 5.41) is 25.5. The highest BCUT2D eigenvalue weighted by Crippen LogP contribution is 2.38. The summed E-state index contributed by atoms with van der Waals surface area (Å²) in [5.41, 5.74) is 0.925. The molecule has 8 nitrogen and oxygen atoms in total. The monoisotopic (exact) mass is 406 g/mol. The first-order valence-corrected chi connectivity index (χ1v) is 9.63. The molecule has 1 atom stereocenters. The van der Waals surface area contributed by atoms with Crippen LogP contribution in [0.25, 0.3) is 17.0 Å². The van der Waals surface area contributed by atoms with E-state index < -0.39 is 11.0 Å². The van der Waals surface area contributed by atoms with Crippen LogP contribution in [0.2, 0.25) is 0 Å². The summed E-state index contributed by atoms with van der Waals surface area (Å²) in [6, 6.07) is 7.23. The number of nitro benzene ring substituents is 1. The number of carbonyl (C=O) groups excluding carboxylic acids is 1. The molecule has 2 aromatic heterocycles. The normalized spacial score (nSPS) is 12.2. The summed E-state index contributed by atoms with van der Waals surface area (Å²) in [6.45, 7) is 1.98. The highest BCUT2D eigenvalue weighted by molar-refractivity contribution is 5.93.